The van der Waals surface area contributed by atoms with Gasteiger partial charge in [-0.05, 0) is 62.2 Å². The molecule has 0 saturated carbocycles. The second kappa shape index (κ2) is 7.17. The van der Waals surface area contributed by atoms with Crippen molar-refractivity contribution in [3.63, 3.8) is 0 Å². The van der Waals surface area contributed by atoms with Crippen LogP contribution in [-0.4, -0.2) is 31.3 Å². The normalized spacial score (nSPS) is 16.4. The Labute approximate surface area is 164 Å². The first-order chi connectivity index (χ1) is 13.8. The number of hydrogen-bond acceptors (Lipinski definition) is 4. The molecule has 0 fully saturated rings. The maximum atomic E-state index is 4.87. The molecular weight excluding hydrogens is 346 g/mol. The maximum Gasteiger partial charge on any atom is 0.137 e. The average molecular weight is 369 g/mol. The molecule has 0 aliphatic heterocycles. The van der Waals surface area contributed by atoms with E-state index in [1.807, 2.05) is 36.8 Å². The highest BCUT2D eigenvalue weighted by Crippen LogP contribution is 2.32. The average Bonchev–Trinajstić information content (AvgIpc) is 3.16. The minimum atomic E-state index is 0.356. The number of imidazole rings is 1. The van der Waals surface area contributed by atoms with E-state index < -0.39 is 0 Å². The zero-order valence-electron chi connectivity index (χ0n) is 16.0. The van der Waals surface area contributed by atoms with E-state index >= 15 is 0 Å². The maximum absolute atomic E-state index is 4.87. The fourth-order valence-electron chi connectivity index (χ4n) is 4.28. The summed E-state index contributed by atoms with van der Waals surface area (Å²) < 4.78 is 2.17. The van der Waals surface area contributed by atoms with Crippen LogP contribution >= 0.6 is 0 Å². The van der Waals surface area contributed by atoms with E-state index in [1.54, 1.807) is 0 Å². The van der Waals surface area contributed by atoms with Crippen molar-refractivity contribution >= 4 is 5.65 Å². The number of rotatable bonds is 4. The summed E-state index contributed by atoms with van der Waals surface area (Å²) in [5.41, 5.74) is 6.94. The number of hydrogen-bond donors (Lipinski definition) is 0. The first-order valence-electron chi connectivity index (χ1n) is 9.81. The van der Waals surface area contributed by atoms with Crippen LogP contribution in [0.1, 0.15) is 35.8 Å². The van der Waals surface area contributed by atoms with E-state index in [2.05, 4.69) is 56.8 Å². The molecule has 4 aromatic rings. The first kappa shape index (κ1) is 17.1. The molecule has 0 N–H and O–H groups in total. The fourth-order valence-corrected chi connectivity index (χ4v) is 4.28. The topological polar surface area (TPSA) is 46.3 Å². The van der Waals surface area contributed by atoms with Crippen molar-refractivity contribution in [3.05, 3.63) is 84.2 Å². The van der Waals surface area contributed by atoms with Crippen LogP contribution in [-0.2, 0) is 13.0 Å². The Morgan fingerprint density at radius 3 is 2.86 bits per heavy atom. The molecule has 0 amide bonds. The third kappa shape index (κ3) is 3.08. The van der Waals surface area contributed by atoms with E-state index in [1.165, 1.54) is 17.7 Å². The highest BCUT2D eigenvalue weighted by molar-refractivity contribution is 5.63. The Balaban J connectivity index is 1.45. The molecule has 1 aliphatic rings. The zero-order valence-corrected chi connectivity index (χ0v) is 16.0. The van der Waals surface area contributed by atoms with Gasteiger partial charge in [0.1, 0.15) is 5.65 Å². The molecule has 28 heavy (non-hydrogen) atoms. The van der Waals surface area contributed by atoms with Gasteiger partial charge in [0.25, 0.3) is 0 Å². The van der Waals surface area contributed by atoms with Crippen LogP contribution in [0.2, 0.25) is 0 Å². The summed E-state index contributed by atoms with van der Waals surface area (Å²) in [6.07, 6.45) is 11.2. The van der Waals surface area contributed by atoms with Crippen molar-refractivity contribution in [2.75, 3.05) is 7.05 Å². The van der Waals surface area contributed by atoms with Crippen molar-refractivity contribution in [2.45, 2.75) is 31.8 Å². The number of aryl methyl sites for hydroxylation is 1. The Morgan fingerprint density at radius 2 is 1.96 bits per heavy atom. The van der Waals surface area contributed by atoms with Gasteiger partial charge >= 0.3 is 0 Å². The lowest BCUT2D eigenvalue weighted by Gasteiger charge is -2.31. The van der Waals surface area contributed by atoms with Gasteiger partial charge in [-0.25, -0.2) is 4.98 Å². The summed E-state index contributed by atoms with van der Waals surface area (Å²) >= 11 is 0. The van der Waals surface area contributed by atoms with Crippen molar-refractivity contribution < 1.29 is 0 Å². The van der Waals surface area contributed by atoms with Crippen LogP contribution in [0.15, 0.2) is 67.3 Å². The van der Waals surface area contributed by atoms with Crippen molar-refractivity contribution in [1.82, 2.24) is 24.3 Å². The lowest BCUT2D eigenvalue weighted by atomic mass is 9.91. The summed E-state index contributed by atoms with van der Waals surface area (Å²) in [4.78, 5) is 16.1. The lowest BCUT2D eigenvalue weighted by molar-refractivity contribution is 0.206. The lowest BCUT2D eigenvalue weighted by Crippen LogP contribution is -2.28. The van der Waals surface area contributed by atoms with Gasteiger partial charge in [0.05, 0.1) is 23.1 Å². The van der Waals surface area contributed by atoms with Gasteiger partial charge in [-0.1, -0.05) is 12.1 Å². The van der Waals surface area contributed by atoms with Crippen LogP contribution < -0.4 is 0 Å². The molecule has 0 saturated heterocycles. The Bertz CT molecular complexity index is 1100. The van der Waals surface area contributed by atoms with Gasteiger partial charge in [-0.15, -0.1) is 0 Å². The molecule has 0 spiro atoms. The SMILES string of the molecule is CN(Cc1cn2c(-c3ccncc3)cccc2n1)C1CCCc2cccnc21. The van der Waals surface area contributed by atoms with Gasteiger partial charge in [0.2, 0.25) is 0 Å². The van der Waals surface area contributed by atoms with E-state index in [4.69, 9.17) is 4.98 Å². The number of fused-ring (bicyclic) bond motifs is 2. The minimum Gasteiger partial charge on any atom is -0.299 e. The van der Waals surface area contributed by atoms with E-state index in [9.17, 15) is 0 Å². The van der Waals surface area contributed by atoms with Gasteiger partial charge in [-0.2, -0.15) is 0 Å². The van der Waals surface area contributed by atoms with Crippen molar-refractivity contribution in [2.24, 2.45) is 0 Å². The highest BCUT2D eigenvalue weighted by Gasteiger charge is 2.25. The van der Waals surface area contributed by atoms with Crippen molar-refractivity contribution in [3.8, 4) is 11.3 Å². The Kier molecular flexibility index (Phi) is 4.37. The van der Waals surface area contributed by atoms with Gasteiger partial charge in [0, 0.05) is 36.9 Å². The monoisotopic (exact) mass is 369 g/mol. The molecule has 4 aromatic heterocycles. The smallest absolute Gasteiger partial charge is 0.137 e. The minimum absolute atomic E-state index is 0.356. The quantitative estimate of drug-likeness (QED) is 0.538. The van der Waals surface area contributed by atoms with Crippen LogP contribution in [0.4, 0.5) is 0 Å². The van der Waals surface area contributed by atoms with Gasteiger partial charge in [0.15, 0.2) is 0 Å². The fraction of sp³-hybridized carbons (Fsp3) is 0.261. The first-order valence-corrected chi connectivity index (χ1v) is 9.81. The van der Waals surface area contributed by atoms with E-state index in [-0.39, 0.29) is 0 Å². The van der Waals surface area contributed by atoms with Gasteiger partial charge < -0.3 is 0 Å². The zero-order chi connectivity index (χ0) is 18.9. The molecule has 1 aliphatic carbocycles. The molecule has 0 bridgehead atoms. The predicted molar refractivity (Wildman–Crippen MR) is 110 cm³/mol. The third-order valence-corrected chi connectivity index (χ3v) is 5.63. The molecule has 5 rings (SSSR count). The second-order valence-corrected chi connectivity index (χ2v) is 7.48. The van der Waals surface area contributed by atoms with Crippen LogP contribution in [0.3, 0.4) is 0 Å². The van der Waals surface area contributed by atoms with E-state index in [0.29, 0.717) is 6.04 Å². The van der Waals surface area contributed by atoms with Crippen LogP contribution in [0.25, 0.3) is 16.9 Å². The molecule has 1 unspecified atom stereocenters. The summed E-state index contributed by atoms with van der Waals surface area (Å²) in [5.74, 6) is 0. The molecule has 5 heteroatoms. The Morgan fingerprint density at radius 1 is 1.07 bits per heavy atom. The standard InChI is InChI=1S/C23H23N5/c1-27(21-8-2-5-18-6-4-12-25-23(18)21)15-19-16-28-20(7-3-9-22(28)26-19)17-10-13-24-14-11-17/h3-4,6-7,9-14,16,21H,2,5,8,15H2,1H3. The summed E-state index contributed by atoms with van der Waals surface area (Å²) in [6.45, 7) is 0.804. The summed E-state index contributed by atoms with van der Waals surface area (Å²) in [5, 5.41) is 0. The molecular formula is C23H23N5. The predicted octanol–water partition coefficient (Wildman–Crippen LogP) is 4.30. The number of nitrogens with zero attached hydrogens (tertiary/aromatic N) is 5. The van der Waals surface area contributed by atoms with Gasteiger partial charge in [-0.3, -0.25) is 19.3 Å². The highest BCUT2D eigenvalue weighted by atomic mass is 15.2. The van der Waals surface area contributed by atoms with Crippen LogP contribution in [0, 0.1) is 0 Å². The number of pyridine rings is 3. The summed E-state index contributed by atoms with van der Waals surface area (Å²) in [6, 6.07) is 14.9. The van der Waals surface area contributed by atoms with E-state index in [0.717, 1.165) is 42.0 Å². The molecule has 5 nitrogen and oxygen atoms in total. The summed E-state index contributed by atoms with van der Waals surface area (Å²) in [7, 11) is 2.18. The second-order valence-electron chi connectivity index (χ2n) is 7.48. The molecule has 140 valence electrons. The molecule has 1 atom stereocenters. The van der Waals surface area contributed by atoms with Crippen molar-refractivity contribution in [1.29, 1.82) is 0 Å². The van der Waals surface area contributed by atoms with Crippen LogP contribution in [0.5, 0.6) is 0 Å². The Hall–Kier alpha value is -3.05. The third-order valence-electron chi connectivity index (χ3n) is 5.63. The number of aromatic nitrogens is 4. The molecule has 0 radical (unpaired) electrons. The molecule has 4 heterocycles. The molecule has 0 aromatic carbocycles. The largest absolute Gasteiger partial charge is 0.299 e.